The number of hydrogen-bond donors (Lipinski definition) is 1. The van der Waals surface area contributed by atoms with E-state index in [-0.39, 0.29) is 42.1 Å². The summed E-state index contributed by atoms with van der Waals surface area (Å²) in [5.41, 5.74) is -0.338. The number of ketones is 2. The van der Waals surface area contributed by atoms with Crippen molar-refractivity contribution in [2.75, 3.05) is 6.61 Å². The van der Waals surface area contributed by atoms with Gasteiger partial charge < -0.3 is 14.6 Å². The fourth-order valence-corrected chi connectivity index (χ4v) is 5.62. The molecule has 5 nitrogen and oxygen atoms in total. The molecule has 4 aliphatic rings. The van der Waals surface area contributed by atoms with Gasteiger partial charge in [0.2, 0.25) is 0 Å². The highest BCUT2D eigenvalue weighted by Crippen LogP contribution is 2.56. The average Bonchev–Trinajstić information content (AvgIpc) is 2.71. The molecule has 3 atom stereocenters. The molecule has 5 rings (SSSR count). The Labute approximate surface area is 198 Å². The summed E-state index contributed by atoms with van der Waals surface area (Å²) in [4.78, 5) is 26.3. The van der Waals surface area contributed by atoms with Gasteiger partial charge in [-0.25, -0.2) is 0 Å². The normalized spacial score (nSPS) is 32.4. The van der Waals surface area contributed by atoms with Crippen molar-refractivity contribution < 1.29 is 24.2 Å². The minimum atomic E-state index is -1.69. The summed E-state index contributed by atoms with van der Waals surface area (Å²) in [5.74, 6) is -0.926. The largest absolute Gasteiger partial charge is 0.508 e. The van der Waals surface area contributed by atoms with Gasteiger partial charge >= 0.3 is 0 Å². The van der Waals surface area contributed by atoms with Crippen LogP contribution in [0.3, 0.4) is 0 Å². The van der Waals surface area contributed by atoms with E-state index in [0.717, 1.165) is 24.0 Å². The first-order valence-corrected chi connectivity index (χ1v) is 11.7. The number of benzene rings is 1. The topological polar surface area (TPSA) is 72.8 Å². The lowest BCUT2D eigenvalue weighted by Crippen LogP contribution is -2.72. The number of carbonyl (C=O) groups excluding carboxylic acids is 2. The fourth-order valence-electron chi connectivity index (χ4n) is 4.81. The summed E-state index contributed by atoms with van der Waals surface area (Å²) in [6.45, 7) is 7.76. The molecular weight excluding hydrogens is 451 g/mol. The molecule has 1 fully saturated rings. The van der Waals surface area contributed by atoms with Crippen molar-refractivity contribution in [2.24, 2.45) is 0 Å². The van der Waals surface area contributed by atoms with Gasteiger partial charge in [0.25, 0.3) is 0 Å². The van der Waals surface area contributed by atoms with Crippen LogP contribution in [0.15, 0.2) is 35.4 Å². The molecular formula is C25H28Cl2O5. The summed E-state index contributed by atoms with van der Waals surface area (Å²) in [6.07, 6.45) is 5.84. The van der Waals surface area contributed by atoms with Crippen LogP contribution < -0.4 is 4.74 Å². The number of ether oxygens (including phenoxy) is 2. The van der Waals surface area contributed by atoms with Crippen molar-refractivity contribution in [2.45, 2.75) is 74.8 Å². The van der Waals surface area contributed by atoms with Crippen molar-refractivity contribution >= 4 is 34.8 Å². The highest BCUT2D eigenvalue weighted by molar-refractivity contribution is 6.45. The predicted octanol–water partition coefficient (Wildman–Crippen LogP) is 5.75. The fraction of sp³-hybridized carbons (Fsp3) is 0.520. The molecule has 4 bridgehead atoms. The molecule has 3 heterocycles. The summed E-state index contributed by atoms with van der Waals surface area (Å²) in [5, 5.41) is 9.77. The lowest BCUT2D eigenvalue weighted by molar-refractivity contribution is -0.157. The predicted molar refractivity (Wildman–Crippen MR) is 124 cm³/mol. The zero-order chi connectivity index (χ0) is 23.5. The van der Waals surface area contributed by atoms with Crippen molar-refractivity contribution in [1.29, 1.82) is 0 Å². The second-order valence-corrected chi connectivity index (χ2v) is 10.8. The van der Waals surface area contributed by atoms with E-state index in [9.17, 15) is 14.7 Å². The third-order valence-corrected chi connectivity index (χ3v) is 8.11. The maximum atomic E-state index is 14.1. The zero-order valence-corrected chi connectivity index (χ0v) is 20.3. The summed E-state index contributed by atoms with van der Waals surface area (Å²) in [7, 11) is 0. The monoisotopic (exact) mass is 478 g/mol. The minimum absolute atomic E-state index is 0.0647. The SMILES string of the molecule is CC1=CC[C@@]23OC(C)(C)[C@H](Cl)C[C@]2(Cl)C(=O)c2c(cc(O)cc2C3=O)OCC(C)=CCC1. The maximum absolute atomic E-state index is 14.1. The summed E-state index contributed by atoms with van der Waals surface area (Å²) < 4.78 is 12.3. The first-order chi connectivity index (χ1) is 14.9. The Morgan fingerprint density at radius 3 is 2.53 bits per heavy atom. The third kappa shape index (κ3) is 3.49. The van der Waals surface area contributed by atoms with Crippen molar-refractivity contribution in [3.63, 3.8) is 0 Å². The highest BCUT2D eigenvalue weighted by Gasteiger charge is 2.70. The van der Waals surface area contributed by atoms with Gasteiger partial charge in [0, 0.05) is 18.1 Å². The second-order valence-electron chi connectivity index (χ2n) is 9.66. The Bertz CT molecular complexity index is 1060. The smallest absolute Gasteiger partial charge is 0.198 e. The Morgan fingerprint density at radius 1 is 1.09 bits per heavy atom. The van der Waals surface area contributed by atoms with Crippen molar-refractivity contribution in [3.05, 3.63) is 46.6 Å². The Balaban J connectivity index is 2.01. The maximum Gasteiger partial charge on any atom is 0.198 e. The quantitative estimate of drug-likeness (QED) is 0.379. The van der Waals surface area contributed by atoms with Crippen LogP contribution in [0.1, 0.15) is 74.1 Å². The van der Waals surface area contributed by atoms with Gasteiger partial charge in [-0.3, -0.25) is 9.59 Å². The Hall–Kier alpha value is -1.82. The van der Waals surface area contributed by atoms with Gasteiger partial charge in [-0.2, -0.15) is 0 Å². The van der Waals surface area contributed by atoms with E-state index >= 15 is 0 Å². The number of phenolic OH excluding ortho intramolecular Hbond substituents is 1. The van der Waals surface area contributed by atoms with Crippen LogP contribution in [0.2, 0.25) is 0 Å². The van der Waals surface area contributed by atoms with Gasteiger partial charge in [-0.1, -0.05) is 17.7 Å². The lowest BCUT2D eigenvalue weighted by Gasteiger charge is -2.56. The van der Waals surface area contributed by atoms with Crippen LogP contribution in [0.25, 0.3) is 0 Å². The van der Waals surface area contributed by atoms with E-state index in [4.69, 9.17) is 32.7 Å². The summed E-state index contributed by atoms with van der Waals surface area (Å²) >= 11 is 13.7. The molecule has 0 saturated carbocycles. The van der Waals surface area contributed by atoms with E-state index in [1.165, 1.54) is 12.1 Å². The van der Waals surface area contributed by atoms with Gasteiger partial charge in [0.1, 0.15) is 23.0 Å². The van der Waals surface area contributed by atoms with Crippen molar-refractivity contribution in [1.82, 2.24) is 0 Å². The molecule has 7 heteroatoms. The van der Waals surface area contributed by atoms with Crippen LogP contribution in [0, 0.1) is 0 Å². The Morgan fingerprint density at radius 2 is 1.81 bits per heavy atom. The minimum Gasteiger partial charge on any atom is -0.508 e. The molecule has 1 saturated heterocycles. The molecule has 1 aromatic carbocycles. The van der Waals surface area contributed by atoms with E-state index < -0.39 is 33.0 Å². The molecule has 1 aliphatic carbocycles. The van der Waals surface area contributed by atoms with Crippen LogP contribution in [-0.4, -0.2) is 44.7 Å². The number of allylic oxidation sites excluding steroid dienone is 2. The number of aromatic hydroxyl groups is 1. The molecule has 3 aliphatic heterocycles. The van der Waals surface area contributed by atoms with Crippen LogP contribution in [-0.2, 0) is 4.74 Å². The number of alkyl halides is 2. The first kappa shape index (κ1) is 23.3. The molecule has 172 valence electrons. The molecule has 32 heavy (non-hydrogen) atoms. The van der Waals surface area contributed by atoms with E-state index in [0.29, 0.717) is 0 Å². The van der Waals surface area contributed by atoms with E-state index in [1.54, 1.807) is 13.8 Å². The highest BCUT2D eigenvalue weighted by atomic mass is 35.5. The second kappa shape index (κ2) is 7.89. The van der Waals surface area contributed by atoms with Crippen LogP contribution in [0.4, 0.5) is 0 Å². The zero-order valence-electron chi connectivity index (χ0n) is 18.8. The van der Waals surface area contributed by atoms with Crippen LogP contribution in [0.5, 0.6) is 11.5 Å². The number of phenols is 1. The number of Topliss-reactive ketones (excluding diaryl/α,β-unsaturated/α-hetero) is 2. The number of carbonyl (C=O) groups is 2. The van der Waals surface area contributed by atoms with E-state index in [1.807, 2.05) is 19.9 Å². The third-order valence-electron chi connectivity index (χ3n) is 6.80. The number of hydrogen-bond acceptors (Lipinski definition) is 5. The van der Waals surface area contributed by atoms with Gasteiger partial charge in [-0.15, -0.1) is 23.2 Å². The number of fused-ring (bicyclic) bond motifs is 6. The van der Waals surface area contributed by atoms with E-state index in [2.05, 4.69) is 6.08 Å². The van der Waals surface area contributed by atoms with Gasteiger partial charge in [0.15, 0.2) is 17.2 Å². The molecule has 1 aromatic rings. The molecule has 1 spiro atoms. The standard InChI is InChI=1S/C25H28Cl2O5/c1-14-6-5-7-15(2)13-31-18-11-16(28)10-17-20(18)22(30)24(27)12-19(26)23(3,4)32-25(24,9-8-14)21(17)29/h7-8,10-11,19,28H,5-6,9,12-13H2,1-4H3/t19-,24+,25+/m1/s1. The molecule has 0 amide bonds. The number of rotatable bonds is 0. The van der Waals surface area contributed by atoms with Gasteiger partial charge in [0.05, 0.1) is 16.5 Å². The van der Waals surface area contributed by atoms with Crippen molar-refractivity contribution in [3.8, 4) is 11.5 Å². The first-order valence-electron chi connectivity index (χ1n) is 10.8. The van der Waals surface area contributed by atoms with Gasteiger partial charge in [-0.05, 0) is 58.6 Å². The molecule has 1 N–H and O–H groups in total. The molecule has 0 radical (unpaired) electrons. The molecule has 0 aromatic heterocycles. The number of halogens is 2. The van der Waals surface area contributed by atoms with Crippen LogP contribution >= 0.6 is 23.2 Å². The average molecular weight is 479 g/mol. The molecule has 0 unspecified atom stereocenters. The summed E-state index contributed by atoms with van der Waals surface area (Å²) in [6, 6.07) is 2.65. The lowest BCUT2D eigenvalue weighted by atomic mass is 9.63. The Kier molecular flexibility index (Phi) is 5.76.